The van der Waals surface area contributed by atoms with E-state index in [1.54, 1.807) is 0 Å². The minimum absolute atomic E-state index is 0. The molecule has 0 spiro atoms. The molecule has 0 aliphatic rings. The van der Waals surface area contributed by atoms with Crippen molar-refractivity contribution in [3.8, 4) is 0 Å². The van der Waals surface area contributed by atoms with Crippen molar-refractivity contribution in [1.82, 2.24) is 0 Å². The van der Waals surface area contributed by atoms with Crippen LogP contribution in [-0.4, -0.2) is 8.41 Å². The van der Waals surface area contributed by atoms with Crippen molar-refractivity contribution in [2.75, 3.05) is 0 Å². The molecule has 0 atom stereocenters. The van der Waals surface area contributed by atoms with Crippen molar-refractivity contribution in [2.24, 2.45) is 0 Å². The van der Waals surface area contributed by atoms with Gasteiger partial charge >= 0.3 is 0 Å². The highest BCUT2D eigenvalue weighted by Crippen LogP contribution is 2.25. The van der Waals surface area contributed by atoms with E-state index in [1.807, 2.05) is 0 Å². The van der Waals surface area contributed by atoms with Crippen molar-refractivity contribution < 1.29 is 0 Å². The molecular formula is C13H20B. The van der Waals surface area contributed by atoms with Crippen molar-refractivity contribution in [2.45, 2.75) is 46.0 Å². The lowest BCUT2D eigenvalue weighted by molar-refractivity contribution is 0.588. The van der Waals surface area contributed by atoms with Gasteiger partial charge in [0, 0.05) is 8.41 Å². The molecule has 0 saturated heterocycles. The average Bonchev–Trinajstić information content (AvgIpc) is 2.03. The Morgan fingerprint density at radius 3 is 2.07 bits per heavy atom. The summed E-state index contributed by atoms with van der Waals surface area (Å²) in [5.41, 5.74) is 3.14. The number of hydrogen-bond acceptors (Lipinski definition) is 0. The molecule has 0 amide bonds. The summed E-state index contributed by atoms with van der Waals surface area (Å²) in [5.74, 6) is 0.627. The topological polar surface area (TPSA) is 0 Å². The van der Waals surface area contributed by atoms with E-state index >= 15 is 0 Å². The lowest BCUT2D eigenvalue weighted by Crippen LogP contribution is -2.11. The zero-order valence-corrected chi connectivity index (χ0v) is 9.96. The molecule has 0 saturated carbocycles. The first-order valence-electron chi connectivity index (χ1n) is 5.01. The summed E-state index contributed by atoms with van der Waals surface area (Å²) in [6.45, 7) is 11.2. The van der Waals surface area contributed by atoms with E-state index in [0.717, 1.165) is 0 Å². The van der Waals surface area contributed by atoms with Gasteiger partial charge in [0.05, 0.1) is 0 Å². The summed E-state index contributed by atoms with van der Waals surface area (Å²) >= 11 is 0. The summed E-state index contributed by atoms with van der Waals surface area (Å²) in [7, 11) is 0. The van der Waals surface area contributed by atoms with Crippen LogP contribution in [0.15, 0.2) is 24.3 Å². The first-order chi connectivity index (χ1) is 5.91. The van der Waals surface area contributed by atoms with Crippen LogP contribution >= 0.6 is 0 Å². The van der Waals surface area contributed by atoms with Gasteiger partial charge in [0.15, 0.2) is 0 Å². The van der Waals surface area contributed by atoms with E-state index < -0.39 is 0 Å². The Bertz CT molecular complexity index is 282. The molecule has 3 radical (unpaired) electrons. The summed E-state index contributed by atoms with van der Waals surface area (Å²) in [6.07, 6.45) is 0. The van der Waals surface area contributed by atoms with Crippen LogP contribution in [0.2, 0.25) is 0 Å². The minimum Gasteiger partial charge on any atom is -0.0617 e. The Labute approximate surface area is 90.3 Å². The quantitative estimate of drug-likeness (QED) is 0.587. The molecule has 1 rings (SSSR count). The molecule has 0 aliphatic heterocycles. The molecule has 0 fully saturated rings. The van der Waals surface area contributed by atoms with E-state index in [4.69, 9.17) is 0 Å². The highest BCUT2D eigenvalue weighted by atomic mass is 14.2. The van der Waals surface area contributed by atoms with Gasteiger partial charge in [0.1, 0.15) is 0 Å². The van der Waals surface area contributed by atoms with E-state index in [-0.39, 0.29) is 13.8 Å². The SMILES string of the molecule is CC(C)c1cccc(C(C)(C)C)c1.[B]. The number of benzene rings is 1. The summed E-state index contributed by atoms with van der Waals surface area (Å²) in [5, 5.41) is 0. The Kier molecular flexibility index (Phi) is 4.44. The summed E-state index contributed by atoms with van der Waals surface area (Å²) in [4.78, 5) is 0. The fraction of sp³-hybridized carbons (Fsp3) is 0.538. The van der Waals surface area contributed by atoms with E-state index in [0.29, 0.717) is 5.92 Å². The normalized spacial score (nSPS) is 11.3. The number of hydrogen-bond donors (Lipinski definition) is 0. The van der Waals surface area contributed by atoms with Crippen molar-refractivity contribution in [1.29, 1.82) is 0 Å². The standard InChI is InChI=1S/C13H20.B/c1-10(2)11-7-6-8-12(9-11)13(3,4)5;/h6-10H,1-5H3;. The van der Waals surface area contributed by atoms with Crippen LogP contribution in [0.3, 0.4) is 0 Å². The maximum absolute atomic E-state index is 2.32. The van der Waals surface area contributed by atoms with Gasteiger partial charge < -0.3 is 0 Å². The maximum atomic E-state index is 2.32. The highest BCUT2D eigenvalue weighted by molar-refractivity contribution is 5.75. The minimum atomic E-state index is 0. The van der Waals surface area contributed by atoms with Gasteiger partial charge in [0.2, 0.25) is 0 Å². The molecule has 75 valence electrons. The molecule has 0 unspecified atom stereocenters. The third-order valence-corrected chi connectivity index (χ3v) is 2.42. The van der Waals surface area contributed by atoms with Crippen LogP contribution in [0.5, 0.6) is 0 Å². The summed E-state index contributed by atoms with van der Waals surface area (Å²) < 4.78 is 0. The lowest BCUT2D eigenvalue weighted by Gasteiger charge is -2.20. The van der Waals surface area contributed by atoms with Crippen LogP contribution in [-0.2, 0) is 5.41 Å². The van der Waals surface area contributed by atoms with Gasteiger partial charge in [-0.3, -0.25) is 0 Å². The summed E-state index contributed by atoms with van der Waals surface area (Å²) in [6, 6.07) is 8.91. The van der Waals surface area contributed by atoms with Crippen molar-refractivity contribution >= 4 is 8.41 Å². The second-order valence-corrected chi connectivity index (χ2v) is 5.03. The first kappa shape index (κ1) is 13.3. The number of rotatable bonds is 1. The maximum Gasteiger partial charge on any atom is 0 e. The van der Waals surface area contributed by atoms with Crippen LogP contribution < -0.4 is 0 Å². The molecular weight excluding hydrogens is 167 g/mol. The van der Waals surface area contributed by atoms with Crippen LogP contribution in [0.25, 0.3) is 0 Å². The van der Waals surface area contributed by atoms with Crippen LogP contribution in [0.1, 0.15) is 51.7 Å². The third kappa shape index (κ3) is 3.21. The average molecular weight is 187 g/mol. The Hall–Kier alpha value is -0.715. The third-order valence-electron chi connectivity index (χ3n) is 2.42. The highest BCUT2D eigenvalue weighted by Gasteiger charge is 2.13. The first-order valence-corrected chi connectivity index (χ1v) is 5.01. The molecule has 0 heterocycles. The Morgan fingerprint density at radius 2 is 1.64 bits per heavy atom. The fourth-order valence-electron chi connectivity index (χ4n) is 1.36. The van der Waals surface area contributed by atoms with E-state index in [2.05, 4.69) is 58.9 Å². The van der Waals surface area contributed by atoms with Crippen molar-refractivity contribution in [3.63, 3.8) is 0 Å². The van der Waals surface area contributed by atoms with Crippen LogP contribution in [0, 0.1) is 0 Å². The Balaban J connectivity index is 0.00000169. The predicted octanol–water partition coefficient (Wildman–Crippen LogP) is 3.73. The fourth-order valence-corrected chi connectivity index (χ4v) is 1.36. The molecule has 0 aliphatic carbocycles. The van der Waals surface area contributed by atoms with Gasteiger partial charge in [-0.25, -0.2) is 0 Å². The molecule has 0 nitrogen and oxygen atoms in total. The monoisotopic (exact) mass is 187 g/mol. The van der Waals surface area contributed by atoms with Gasteiger partial charge in [-0.2, -0.15) is 0 Å². The van der Waals surface area contributed by atoms with E-state index in [9.17, 15) is 0 Å². The van der Waals surface area contributed by atoms with Gasteiger partial charge in [-0.15, -0.1) is 0 Å². The molecule has 1 aromatic carbocycles. The van der Waals surface area contributed by atoms with Crippen LogP contribution in [0.4, 0.5) is 0 Å². The van der Waals surface area contributed by atoms with Gasteiger partial charge in [0.25, 0.3) is 0 Å². The molecule has 0 aromatic heterocycles. The smallest absolute Gasteiger partial charge is 0 e. The largest absolute Gasteiger partial charge is 0.0617 e. The van der Waals surface area contributed by atoms with Crippen molar-refractivity contribution in [3.05, 3.63) is 35.4 Å². The zero-order valence-electron chi connectivity index (χ0n) is 9.96. The zero-order chi connectivity index (χ0) is 10.1. The molecule has 1 heteroatoms. The molecule has 14 heavy (non-hydrogen) atoms. The predicted molar refractivity (Wildman–Crippen MR) is 65.0 cm³/mol. The second kappa shape index (κ2) is 4.68. The molecule has 0 N–H and O–H groups in total. The van der Waals surface area contributed by atoms with E-state index in [1.165, 1.54) is 11.1 Å². The van der Waals surface area contributed by atoms with Gasteiger partial charge in [-0.05, 0) is 22.5 Å². The molecule has 1 aromatic rings. The lowest BCUT2D eigenvalue weighted by atomic mass is 9.85. The molecule has 0 bridgehead atoms. The Morgan fingerprint density at radius 1 is 1.07 bits per heavy atom. The second-order valence-electron chi connectivity index (χ2n) is 5.03. The van der Waals surface area contributed by atoms with Gasteiger partial charge in [-0.1, -0.05) is 58.9 Å².